The van der Waals surface area contributed by atoms with E-state index in [1.165, 1.54) is 24.2 Å². The molecule has 1 aliphatic rings. The van der Waals surface area contributed by atoms with Crippen molar-refractivity contribution in [2.45, 2.75) is 32.2 Å². The summed E-state index contributed by atoms with van der Waals surface area (Å²) in [4.78, 5) is 4.50. The van der Waals surface area contributed by atoms with Crippen LogP contribution < -0.4 is 4.74 Å². The van der Waals surface area contributed by atoms with Crippen LogP contribution in [-0.2, 0) is 19.4 Å². The van der Waals surface area contributed by atoms with E-state index in [0.29, 0.717) is 18.3 Å². The van der Waals surface area contributed by atoms with Gasteiger partial charge in [0.25, 0.3) is 5.89 Å². The van der Waals surface area contributed by atoms with E-state index in [-0.39, 0.29) is 0 Å². The molecule has 0 bridgehead atoms. The topological polar surface area (TPSA) is 66.0 Å². The molecule has 6 nitrogen and oxygen atoms in total. The molecule has 6 heteroatoms. The summed E-state index contributed by atoms with van der Waals surface area (Å²) in [7, 11) is 1.63. The summed E-state index contributed by atoms with van der Waals surface area (Å²) in [5, 5.41) is 8.33. The van der Waals surface area contributed by atoms with Crippen LogP contribution in [0, 0.1) is 0 Å². The van der Waals surface area contributed by atoms with Gasteiger partial charge in [0.1, 0.15) is 12.3 Å². The lowest BCUT2D eigenvalue weighted by Gasteiger charge is -2.12. The summed E-state index contributed by atoms with van der Waals surface area (Å²) in [6, 6.07) is 7.63. The van der Waals surface area contributed by atoms with Crippen LogP contribution in [0.3, 0.4) is 0 Å². The predicted octanol–water partition coefficient (Wildman–Crippen LogP) is 2.87. The average Bonchev–Trinajstić information content (AvgIpc) is 3.23. The molecule has 0 amide bonds. The Morgan fingerprint density at radius 1 is 1.17 bits per heavy atom. The molecule has 0 radical (unpaired) electrons. The fraction of sp³-hybridized carbons (Fsp3) is 0.353. The molecule has 0 N–H and O–H groups in total. The summed E-state index contributed by atoms with van der Waals surface area (Å²) in [6.07, 6.45) is 6.46. The Morgan fingerprint density at radius 3 is 2.96 bits per heavy atom. The minimum atomic E-state index is 0.478. The number of imidazole rings is 1. The zero-order valence-electron chi connectivity index (χ0n) is 13.0. The van der Waals surface area contributed by atoms with E-state index in [0.717, 1.165) is 24.2 Å². The molecule has 0 spiro atoms. The molecule has 1 aromatic carbocycles. The van der Waals surface area contributed by atoms with E-state index in [2.05, 4.69) is 19.7 Å². The maximum atomic E-state index is 5.83. The van der Waals surface area contributed by atoms with Gasteiger partial charge < -0.3 is 13.7 Å². The van der Waals surface area contributed by atoms with Gasteiger partial charge in [0.2, 0.25) is 5.89 Å². The summed E-state index contributed by atoms with van der Waals surface area (Å²) >= 11 is 0. The quantitative estimate of drug-likeness (QED) is 0.741. The number of aromatic nitrogens is 4. The highest BCUT2D eigenvalue weighted by atomic mass is 16.5. The number of para-hydroxylation sites is 1. The highest BCUT2D eigenvalue weighted by Gasteiger charge is 2.18. The van der Waals surface area contributed by atoms with E-state index in [1.807, 2.05) is 30.6 Å². The van der Waals surface area contributed by atoms with E-state index < -0.39 is 0 Å². The number of benzene rings is 1. The molecule has 1 aliphatic carbocycles. The second kappa shape index (κ2) is 5.87. The maximum Gasteiger partial charge on any atom is 0.251 e. The summed E-state index contributed by atoms with van der Waals surface area (Å²) in [6.45, 7) is 0.560. The van der Waals surface area contributed by atoms with Crippen LogP contribution in [0.1, 0.15) is 30.1 Å². The average molecular weight is 310 g/mol. The van der Waals surface area contributed by atoms with Gasteiger partial charge in [-0.3, -0.25) is 0 Å². The Hall–Kier alpha value is -2.63. The molecular formula is C17H18N4O2. The second-order valence-corrected chi connectivity index (χ2v) is 5.67. The van der Waals surface area contributed by atoms with Crippen molar-refractivity contribution in [3.8, 4) is 17.2 Å². The first kappa shape index (κ1) is 14.0. The molecule has 2 heterocycles. The predicted molar refractivity (Wildman–Crippen MR) is 84.3 cm³/mol. The number of aryl methyl sites for hydroxylation is 1. The van der Waals surface area contributed by atoms with Crippen LogP contribution in [0.15, 0.2) is 35.0 Å². The van der Waals surface area contributed by atoms with Gasteiger partial charge in [0.05, 0.1) is 24.7 Å². The number of hydrogen-bond acceptors (Lipinski definition) is 5. The molecule has 0 fully saturated rings. The van der Waals surface area contributed by atoms with Crippen LogP contribution in [0.5, 0.6) is 5.75 Å². The molecule has 4 rings (SSSR count). The molecule has 0 unspecified atom stereocenters. The smallest absolute Gasteiger partial charge is 0.251 e. The number of hydrogen-bond donors (Lipinski definition) is 0. The highest BCUT2D eigenvalue weighted by Crippen LogP contribution is 2.28. The summed E-state index contributed by atoms with van der Waals surface area (Å²) < 4.78 is 13.3. The van der Waals surface area contributed by atoms with Gasteiger partial charge in [-0.15, -0.1) is 10.2 Å². The molecule has 23 heavy (non-hydrogen) atoms. The SMILES string of the molecule is COc1ccccc1-c1nnc(Cn2cnc3c2CCCC3)o1. The molecule has 0 saturated carbocycles. The number of rotatable bonds is 4. The van der Waals surface area contributed by atoms with Gasteiger partial charge in [0, 0.05) is 5.69 Å². The monoisotopic (exact) mass is 310 g/mol. The minimum Gasteiger partial charge on any atom is -0.496 e. The van der Waals surface area contributed by atoms with Crippen molar-refractivity contribution in [1.82, 2.24) is 19.7 Å². The maximum absolute atomic E-state index is 5.83. The van der Waals surface area contributed by atoms with Crippen molar-refractivity contribution in [2.75, 3.05) is 7.11 Å². The highest BCUT2D eigenvalue weighted by molar-refractivity contribution is 5.62. The number of nitrogens with zero attached hydrogens (tertiary/aromatic N) is 4. The van der Waals surface area contributed by atoms with Crippen LogP contribution >= 0.6 is 0 Å². The van der Waals surface area contributed by atoms with Gasteiger partial charge in [-0.25, -0.2) is 4.98 Å². The third kappa shape index (κ3) is 2.60. The fourth-order valence-corrected chi connectivity index (χ4v) is 3.06. The van der Waals surface area contributed by atoms with Gasteiger partial charge in [0.15, 0.2) is 0 Å². The van der Waals surface area contributed by atoms with Crippen molar-refractivity contribution < 1.29 is 9.15 Å². The second-order valence-electron chi connectivity index (χ2n) is 5.67. The molecule has 118 valence electrons. The van der Waals surface area contributed by atoms with Crippen LogP contribution in [-0.4, -0.2) is 26.9 Å². The first-order valence-electron chi connectivity index (χ1n) is 7.84. The Bertz CT molecular complexity index is 822. The molecule has 0 saturated heterocycles. The first-order valence-corrected chi connectivity index (χ1v) is 7.84. The van der Waals surface area contributed by atoms with Gasteiger partial charge in [-0.2, -0.15) is 0 Å². The zero-order chi connectivity index (χ0) is 15.6. The fourth-order valence-electron chi connectivity index (χ4n) is 3.06. The molecule has 2 aromatic heterocycles. The van der Waals surface area contributed by atoms with Gasteiger partial charge in [-0.1, -0.05) is 12.1 Å². The Labute approximate surface area is 134 Å². The van der Waals surface area contributed by atoms with Crippen LogP contribution in [0.2, 0.25) is 0 Å². The van der Waals surface area contributed by atoms with E-state index in [1.54, 1.807) is 7.11 Å². The standard InChI is InChI=1S/C17H18N4O2/c1-22-15-9-5-2-6-12(15)17-20-19-16(23-17)10-21-11-18-13-7-3-4-8-14(13)21/h2,5-6,9,11H,3-4,7-8,10H2,1H3. The molecule has 0 aliphatic heterocycles. The lowest BCUT2D eigenvalue weighted by molar-refractivity contribution is 0.413. The Morgan fingerprint density at radius 2 is 2.04 bits per heavy atom. The van der Waals surface area contributed by atoms with Crippen molar-refractivity contribution >= 4 is 0 Å². The third-order valence-electron chi connectivity index (χ3n) is 4.22. The van der Waals surface area contributed by atoms with Crippen molar-refractivity contribution in [2.24, 2.45) is 0 Å². The largest absolute Gasteiger partial charge is 0.496 e. The Balaban J connectivity index is 1.60. The molecular weight excluding hydrogens is 292 g/mol. The summed E-state index contributed by atoms with van der Waals surface area (Å²) in [5.41, 5.74) is 3.32. The van der Waals surface area contributed by atoms with E-state index in [4.69, 9.17) is 9.15 Å². The number of methoxy groups -OCH3 is 1. The minimum absolute atomic E-state index is 0.478. The third-order valence-corrected chi connectivity index (χ3v) is 4.22. The van der Waals surface area contributed by atoms with E-state index >= 15 is 0 Å². The van der Waals surface area contributed by atoms with Crippen LogP contribution in [0.4, 0.5) is 0 Å². The molecule has 0 atom stereocenters. The summed E-state index contributed by atoms with van der Waals surface area (Å²) in [5.74, 6) is 1.78. The van der Waals surface area contributed by atoms with Crippen molar-refractivity contribution in [1.29, 1.82) is 0 Å². The van der Waals surface area contributed by atoms with Gasteiger partial charge >= 0.3 is 0 Å². The zero-order valence-corrected chi connectivity index (χ0v) is 13.0. The molecule has 3 aromatic rings. The van der Waals surface area contributed by atoms with Crippen molar-refractivity contribution in [3.63, 3.8) is 0 Å². The van der Waals surface area contributed by atoms with Crippen LogP contribution in [0.25, 0.3) is 11.5 Å². The first-order chi connectivity index (χ1) is 11.3. The number of fused-ring (bicyclic) bond motifs is 1. The van der Waals surface area contributed by atoms with Gasteiger partial charge in [-0.05, 0) is 37.8 Å². The van der Waals surface area contributed by atoms with Crippen molar-refractivity contribution in [3.05, 3.63) is 47.9 Å². The Kier molecular flexibility index (Phi) is 3.57. The lowest BCUT2D eigenvalue weighted by Crippen LogP contribution is -2.09. The van der Waals surface area contributed by atoms with E-state index in [9.17, 15) is 0 Å². The normalized spacial score (nSPS) is 13.8. The lowest BCUT2D eigenvalue weighted by atomic mass is 10.0. The number of ether oxygens (including phenoxy) is 1.